The summed E-state index contributed by atoms with van der Waals surface area (Å²) < 4.78 is 22.0. The molecule has 0 aromatic heterocycles. The minimum absolute atomic E-state index is 0.260. The molecule has 1 heterocycles. The fourth-order valence-corrected chi connectivity index (χ4v) is 3.36. The Labute approximate surface area is 185 Å². The van der Waals surface area contributed by atoms with Gasteiger partial charge in [0.05, 0.1) is 18.4 Å². The first-order valence-corrected chi connectivity index (χ1v) is 10.2. The zero-order valence-electron chi connectivity index (χ0n) is 17.8. The van der Waals surface area contributed by atoms with E-state index in [-0.39, 0.29) is 5.56 Å². The molecule has 0 saturated heterocycles. The van der Waals surface area contributed by atoms with Gasteiger partial charge in [0.15, 0.2) is 11.5 Å². The highest BCUT2D eigenvalue weighted by Gasteiger charge is 2.27. The van der Waals surface area contributed by atoms with Gasteiger partial charge in [-0.05, 0) is 42.8 Å². The van der Waals surface area contributed by atoms with Crippen molar-refractivity contribution in [3.63, 3.8) is 0 Å². The molecule has 1 atom stereocenters. The smallest absolute Gasteiger partial charge is 0.339 e. The molecule has 1 unspecified atom stereocenters. The van der Waals surface area contributed by atoms with Gasteiger partial charge in [-0.2, -0.15) is 0 Å². The third kappa shape index (κ3) is 4.67. The van der Waals surface area contributed by atoms with Gasteiger partial charge in [-0.1, -0.05) is 36.4 Å². The Morgan fingerprint density at radius 3 is 2.44 bits per heavy atom. The Kier molecular flexibility index (Phi) is 6.26. The van der Waals surface area contributed by atoms with Crippen molar-refractivity contribution in [1.82, 2.24) is 0 Å². The van der Waals surface area contributed by atoms with E-state index in [1.807, 2.05) is 19.1 Å². The molecular weight excluding hydrogens is 410 g/mol. The number of rotatable bonds is 6. The van der Waals surface area contributed by atoms with Crippen LogP contribution >= 0.6 is 0 Å². The van der Waals surface area contributed by atoms with E-state index < -0.39 is 18.0 Å². The lowest BCUT2D eigenvalue weighted by molar-refractivity contribution is -0.125. The lowest BCUT2D eigenvalue weighted by Gasteiger charge is -2.21. The summed E-state index contributed by atoms with van der Waals surface area (Å²) in [5, 5.41) is 2.82. The van der Waals surface area contributed by atoms with Gasteiger partial charge in [0, 0.05) is 5.56 Å². The number of esters is 1. The van der Waals surface area contributed by atoms with Crippen LogP contribution in [0.4, 0.5) is 5.69 Å². The Morgan fingerprint density at radius 2 is 1.69 bits per heavy atom. The van der Waals surface area contributed by atoms with Gasteiger partial charge in [0.2, 0.25) is 6.10 Å². The second-order valence-electron chi connectivity index (χ2n) is 7.25. The molecule has 3 aromatic rings. The third-order valence-electron chi connectivity index (χ3n) is 4.96. The zero-order chi connectivity index (χ0) is 22.5. The van der Waals surface area contributed by atoms with Crippen molar-refractivity contribution in [2.75, 3.05) is 25.6 Å². The number of amides is 1. The Morgan fingerprint density at radius 1 is 0.938 bits per heavy atom. The van der Waals surface area contributed by atoms with Crippen LogP contribution in [0.5, 0.6) is 17.2 Å². The summed E-state index contributed by atoms with van der Waals surface area (Å²) in [4.78, 5) is 26.1. The normalized spacial score (nSPS) is 13.1. The van der Waals surface area contributed by atoms with Crippen molar-refractivity contribution in [1.29, 1.82) is 0 Å². The predicted octanol–water partition coefficient (Wildman–Crippen LogP) is 4.31. The van der Waals surface area contributed by atoms with E-state index in [1.165, 1.54) is 7.11 Å². The maximum absolute atomic E-state index is 13.2. The van der Waals surface area contributed by atoms with E-state index in [9.17, 15) is 9.59 Å². The SMILES string of the molecule is COc1ccc(C)cc1NC(=O)C(OC(=O)c1ccc2c(c1)OCCO2)c1ccccc1. The number of nitrogens with one attached hydrogen (secondary N) is 1. The van der Waals surface area contributed by atoms with Crippen LogP contribution in [0.3, 0.4) is 0 Å². The molecule has 164 valence electrons. The molecule has 0 saturated carbocycles. The highest BCUT2D eigenvalue weighted by molar-refractivity contribution is 5.99. The average Bonchev–Trinajstić information content (AvgIpc) is 2.82. The van der Waals surface area contributed by atoms with E-state index in [4.69, 9.17) is 18.9 Å². The molecule has 32 heavy (non-hydrogen) atoms. The molecule has 0 bridgehead atoms. The largest absolute Gasteiger partial charge is 0.495 e. The van der Waals surface area contributed by atoms with Crippen LogP contribution in [-0.2, 0) is 9.53 Å². The molecule has 1 aliphatic heterocycles. The predicted molar refractivity (Wildman–Crippen MR) is 118 cm³/mol. The van der Waals surface area contributed by atoms with Gasteiger partial charge in [0.25, 0.3) is 5.91 Å². The van der Waals surface area contributed by atoms with Crippen LogP contribution in [0.25, 0.3) is 0 Å². The maximum atomic E-state index is 13.2. The number of fused-ring (bicyclic) bond motifs is 1. The molecule has 0 radical (unpaired) electrons. The van der Waals surface area contributed by atoms with Crippen LogP contribution in [-0.4, -0.2) is 32.2 Å². The topological polar surface area (TPSA) is 83.1 Å². The number of aryl methyl sites for hydroxylation is 1. The lowest BCUT2D eigenvalue weighted by Crippen LogP contribution is -2.26. The van der Waals surface area contributed by atoms with E-state index in [1.54, 1.807) is 54.6 Å². The molecule has 0 spiro atoms. The standard InChI is InChI=1S/C25H23NO6/c1-16-8-10-20(29-2)19(14-16)26-24(27)23(17-6-4-3-5-7-17)32-25(28)18-9-11-21-22(15-18)31-13-12-30-21/h3-11,14-15,23H,12-13H2,1-2H3,(H,26,27). The molecule has 7 heteroatoms. The average molecular weight is 433 g/mol. The number of ether oxygens (including phenoxy) is 4. The summed E-state index contributed by atoms with van der Waals surface area (Å²) in [6, 6.07) is 19.1. The maximum Gasteiger partial charge on any atom is 0.339 e. The Balaban J connectivity index is 1.59. The van der Waals surface area contributed by atoms with E-state index >= 15 is 0 Å². The fraction of sp³-hybridized carbons (Fsp3) is 0.200. The highest BCUT2D eigenvalue weighted by atomic mass is 16.6. The summed E-state index contributed by atoms with van der Waals surface area (Å²) in [5.74, 6) is 0.398. The van der Waals surface area contributed by atoms with Crippen LogP contribution in [0.2, 0.25) is 0 Å². The molecule has 1 N–H and O–H groups in total. The number of carbonyl (C=O) groups is 2. The first kappa shape index (κ1) is 21.2. The summed E-state index contributed by atoms with van der Waals surface area (Å²) in [5.41, 5.74) is 2.25. The monoisotopic (exact) mass is 433 g/mol. The molecular formula is C25H23NO6. The summed E-state index contributed by atoms with van der Waals surface area (Å²) in [7, 11) is 1.52. The second kappa shape index (κ2) is 9.43. The molecule has 4 rings (SSSR count). The van der Waals surface area contributed by atoms with Crippen LogP contribution in [0.15, 0.2) is 66.7 Å². The molecule has 0 aliphatic carbocycles. The van der Waals surface area contributed by atoms with Crippen molar-refractivity contribution in [3.05, 3.63) is 83.4 Å². The number of hydrogen-bond donors (Lipinski definition) is 1. The molecule has 3 aromatic carbocycles. The molecule has 1 amide bonds. The van der Waals surface area contributed by atoms with Gasteiger partial charge >= 0.3 is 5.97 Å². The van der Waals surface area contributed by atoms with Crippen molar-refractivity contribution in [2.45, 2.75) is 13.0 Å². The number of methoxy groups -OCH3 is 1. The number of anilines is 1. The summed E-state index contributed by atoms with van der Waals surface area (Å²) >= 11 is 0. The van der Waals surface area contributed by atoms with Crippen molar-refractivity contribution < 1.29 is 28.5 Å². The Bertz CT molecular complexity index is 1130. The molecule has 1 aliphatic rings. The zero-order valence-corrected chi connectivity index (χ0v) is 17.8. The van der Waals surface area contributed by atoms with Gasteiger partial charge in [-0.25, -0.2) is 4.79 Å². The first-order valence-electron chi connectivity index (χ1n) is 10.2. The first-order chi connectivity index (χ1) is 15.5. The van der Waals surface area contributed by atoms with Crippen LogP contribution in [0, 0.1) is 6.92 Å². The molecule has 0 fully saturated rings. The van der Waals surface area contributed by atoms with E-state index in [0.29, 0.717) is 41.7 Å². The van der Waals surface area contributed by atoms with Crippen molar-refractivity contribution in [3.8, 4) is 17.2 Å². The van der Waals surface area contributed by atoms with E-state index in [2.05, 4.69) is 5.32 Å². The van der Waals surface area contributed by atoms with Gasteiger partial charge in [0.1, 0.15) is 19.0 Å². The fourth-order valence-electron chi connectivity index (χ4n) is 3.36. The van der Waals surface area contributed by atoms with Gasteiger partial charge in [-0.15, -0.1) is 0 Å². The lowest BCUT2D eigenvalue weighted by atomic mass is 10.1. The summed E-state index contributed by atoms with van der Waals surface area (Å²) in [6.07, 6.45) is -1.16. The minimum Gasteiger partial charge on any atom is -0.495 e. The minimum atomic E-state index is -1.16. The van der Waals surface area contributed by atoms with Gasteiger partial charge in [-0.3, -0.25) is 4.79 Å². The van der Waals surface area contributed by atoms with E-state index in [0.717, 1.165) is 5.56 Å². The Hall–Kier alpha value is -4.00. The molecule has 7 nitrogen and oxygen atoms in total. The van der Waals surface area contributed by atoms with Gasteiger partial charge < -0.3 is 24.3 Å². The van der Waals surface area contributed by atoms with Crippen LogP contribution < -0.4 is 19.5 Å². The number of hydrogen-bond acceptors (Lipinski definition) is 6. The number of carbonyl (C=O) groups excluding carboxylic acids is 2. The number of benzene rings is 3. The van der Waals surface area contributed by atoms with Crippen molar-refractivity contribution in [2.24, 2.45) is 0 Å². The van der Waals surface area contributed by atoms with Crippen molar-refractivity contribution >= 4 is 17.6 Å². The second-order valence-corrected chi connectivity index (χ2v) is 7.25. The summed E-state index contributed by atoms with van der Waals surface area (Å²) in [6.45, 7) is 2.76. The third-order valence-corrected chi connectivity index (χ3v) is 4.96. The quantitative estimate of drug-likeness (QED) is 0.584. The van der Waals surface area contributed by atoms with Crippen LogP contribution in [0.1, 0.15) is 27.6 Å². The highest BCUT2D eigenvalue weighted by Crippen LogP contribution is 2.32.